The zero-order valence-corrected chi connectivity index (χ0v) is 16.0. The molecule has 3 rings (SSSR count). The maximum Gasteiger partial charge on any atom is 0.391 e. The lowest BCUT2D eigenvalue weighted by atomic mass is 10.1. The summed E-state index contributed by atoms with van der Waals surface area (Å²) in [4.78, 5) is 23.3. The van der Waals surface area contributed by atoms with E-state index in [0.717, 1.165) is 23.9 Å². The number of benzene rings is 1. The van der Waals surface area contributed by atoms with Crippen LogP contribution in [0, 0.1) is 5.92 Å². The standard InChI is InChI=1S/C18H24N3O4P/c1-4-5-12-6-7-13-17(16(12)19)20-18(21(13)10-11(2)3)14-8-9-15(25-14)26(22,23)24/h6-9,11H,4-5,10,19H2,1-3H3,(H2,22,23,24). The van der Waals surface area contributed by atoms with Crippen molar-refractivity contribution in [3.05, 3.63) is 29.8 Å². The molecule has 2 heterocycles. The van der Waals surface area contributed by atoms with Crippen LogP contribution in [-0.4, -0.2) is 19.3 Å². The molecule has 0 saturated carbocycles. The molecule has 0 aliphatic heterocycles. The molecule has 3 aromatic rings. The van der Waals surface area contributed by atoms with Crippen molar-refractivity contribution in [1.82, 2.24) is 9.55 Å². The van der Waals surface area contributed by atoms with Gasteiger partial charge in [0, 0.05) is 6.54 Å². The monoisotopic (exact) mass is 377 g/mol. The number of hydrogen-bond acceptors (Lipinski definition) is 4. The predicted octanol–water partition coefficient (Wildman–Crippen LogP) is 3.29. The van der Waals surface area contributed by atoms with Crippen molar-refractivity contribution < 1.29 is 18.8 Å². The number of aromatic nitrogens is 2. The molecule has 4 N–H and O–H groups in total. The van der Waals surface area contributed by atoms with E-state index in [0.29, 0.717) is 35.3 Å². The highest BCUT2D eigenvalue weighted by Crippen LogP contribution is 2.37. The van der Waals surface area contributed by atoms with Gasteiger partial charge in [0.15, 0.2) is 11.6 Å². The van der Waals surface area contributed by atoms with Gasteiger partial charge in [-0.1, -0.05) is 33.3 Å². The average molecular weight is 377 g/mol. The number of nitrogens with two attached hydrogens (primary N) is 1. The second-order valence-corrected chi connectivity index (χ2v) is 8.41. The summed E-state index contributed by atoms with van der Waals surface area (Å²) >= 11 is 0. The molecule has 8 heteroatoms. The third kappa shape index (κ3) is 3.43. The summed E-state index contributed by atoms with van der Waals surface area (Å²) in [6, 6.07) is 6.85. The van der Waals surface area contributed by atoms with Crippen LogP contribution < -0.4 is 11.2 Å². The Hall–Kier alpha value is -2.08. The molecule has 0 spiro atoms. The van der Waals surface area contributed by atoms with Gasteiger partial charge in [-0.05, 0) is 36.1 Å². The van der Waals surface area contributed by atoms with E-state index in [4.69, 9.17) is 10.2 Å². The fourth-order valence-electron chi connectivity index (χ4n) is 3.08. The quantitative estimate of drug-likeness (QED) is 0.449. The van der Waals surface area contributed by atoms with Crippen molar-refractivity contribution in [3.8, 4) is 11.6 Å². The highest BCUT2D eigenvalue weighted by molar-refractivity contribution is 7.59. The summed E-state index contributed by atoms with van der Waals surface area (Å²) in [7, 11) is -4.45. The largest absolute Gasteiger partial charge is 0.445 e. The zero-order valence-electron chi connectivity index (χ0n) is 15.1. The normalized spacial score (nSPS) is 12.4. The summed E-state index contributed by atoms with van der Waals surface area (Å²) in [6.45, 7) is 6.96. The highest BCUT2D eigenvalue weighted by Gasteiger charge is 2.25. The van der Waals surface area contributed by atoms with Gasteiger partial charge in [-0.25, -0.2) is 4.98 Å². The van der Waals surface area contributed by atoms with Crippen LogP contribution >= 0.6 is 7.60 Å². The van der Waals surface area contributed by atoms with Crippen molar-refractivity contribution in [2.75, 3.05) is 5.73 Å². The number of imidazole rings is 1. The van der Waals surface area contributed by atoms with Gasteiger partial charge >= 0.3 is 7.60 Å². The van der Waals surface area contributed by atoms with Gasteiger partial charge in [0.25, 0.3) is 0 Å². The van der Waals surface area contributed by atoms with Crippen molar-refractivity contribution in [2.24, 2.45) is 5.92 Å². The molecular formula is C18H24N3O4P. The number of fused-ring (bicyclic) bond motifs is 1. The molecular weight excluding hydrogens is 353 g/mol. The zero-order chi connectivity index (χ0) is 19.1. The van der Waals surface area contributed by atoms with E-state index in [1.807, 2.05) is 16.7 Å². The summed E-state index contributed by atoms with van der Waals surface area (Å²) in [5.41, 5.74) is 9.26. The molecule has 0 atom stereocenters. The molecule has 0 aliphatic rings. The number of rotatable bonds is 6. The first-order valence-electron chi connectivity index (χ1n) is 8.66. The van der Waals surface area contributed by atoms with E-state index in [2.05, 4.69) is 25.8 Å². The maximum absolute atomic E-state index is 11.4. The van der Waals surface area contributed by atoms with Crippen molar-refractivity contribution >= 4 is 29.8 Å². The van der Waals surface area contributed by atoms with E-state index in [9.17, 15) is 14.4 Å². The first kappa shape index (κ1) is 18.7. The second-order valence-electron chi connectivity index (χ2n) is 6.88. The number of anilines is 1. The third-order valence-electron chi connectivity index (χ3n) is 4.22. The fourth-order valence-corrected chi connectivity index (χ4v) is 3.57. The lowest BCUT2D eigenvalue weighted by Gasteiger charge is -2.11. The first-order chi connectivity index (χ1) is 12.2. The van der Waals surface area contributed by atoms with E-state index >= 15 is 0 Å². The summed E-state index contributed by atoms with van der Waals surface area (Å²) in [6.07, 6.45) is 1.86. The van der Waals surface area contributed by atoms with Gasteiger partial charge in [-0.2, -0.15) is 0 Å². The molecule has 7 nitrogen and oxygen atoms in total. The van der Waals surface area contributed by atoms with Crippen LogP contribution in [0.4, 0.5) is 5.69 Å². The van der Waals surface area contributed by atoms with Crippen LogP contribution in [-0.2, 0) is 17.5 Å². The Morgan fingerprint density at radius 3 is 2.58 bits per heavy atom. The second kappa shape index (κ2) is 6.91. The molecule has 140 valence electrons. The molecule has 0 bridgehead atoms. The lowest BCUT2D eigenvalue weighted by molar-refractivity contribution is 0.377. The van der Waals surface area contributed by atoms with Crippen LogP contribution in [0.5, 0.6) is 0 Å². The van der Waals surface area contributed by atoms with E-state index in [-0.39, 0.29) is 5.50 Å². The number of nitrogen functional groups attached to an aromatic ring is 1. The summed E-state index contributed by atoms with van der Waals surface area (Å²) in [5, 5.41) is 0. The van der Waals surface area contributed by atoms with Gasteiger partial charge in [0.1, 0.15) is 5.52 Å². The van der Waals surface area contributed by atoms with Crippen LogP contribution in [0.15, 0.2) is 28.7 Å². The number of aryl methyl sites for hydroxylation is 1. The Labute approximate surface area is 152 Å². The summed E-state index contributed by atoms with van der Waals surface area (Å²) in [5.74, 6) is 1.18. The minimum Gasteiger partial charge on any atom is -0.445 e. The minimum atomic E-state index is -4.45. The fraction of sp³-hybridized carbons (Fsp3) is 0.389. The van der Waals surface area contributed by atoms with Crippen molar-refractivity contribution in [1.29, 1.82) is 0 Å². The maximum atomic E-state index is 11.4. The first-order valence-corrected chi connectivity index (χ1v) is 10.3. The molecule has 0 aliphatic carbocycles. The average Bonchev–Trinajstić information content (AvgIpc) is 3.15. The van der Waals surface area contributed by atoms with Gasteiger partial charge in [-0.3, -0.25) is 4.57 Å². The van der Waals surface area contributed by atoms with Gasteiger partial charge in [0.2, 0.25) is 5.50 Å². The van der Waals surface area contributed by atoms with Crippen molar-refractivity contribution in [2.45, 2.75) is 40.2 Å². The van der Waals surface area contributed by atoms with E-state index in [1.54, 1.807) is 0 Å². The Bertz CT molecular complexity index is 984. The van der Waals surface area contributed by atoms with Gasteiger partial charge < -0.3 is 24.5 Å². The molecule has 0 saturated heterocycles. The van der Waals surface area contributed by atoms with Crippen LogP contribution in [0.25, 0.3) is 22.6 Å². The minimum absolute atomic E-state index is 0.316. The smallest absolute Gasteiger partial charge is 0.391 e. The number of furan rings is 1. The van der Waals surface area contributed by atoms with Gasteiger partial charge in [-0.15, -0.1) is 0 Å². The predicted molar refractivity (Wildman–Crippen MR) is 102 cm³/mol. The SMILES string of the molecule is CCCc1ccc2c(nc(-c3ccc(P(=O)(O)O)o3)n2CC(C)C)c1N. The van der Waals surface area contributed by atoms with Crippen LogP contribution in [0.3, 0.4) is 0 Å². The highest BCUT2D eigenvalue weighted by atomic mass is 31.2. The number of nitrogens with zero attached hydrogens (tertiary/aromatic N) is 2. The third-order valence-corrected chi connectivity index (χ3v) is 5.03. The Morgan fingerprint density at radius 2 is 2.00 bits per heavy atom. The molecule has 2 aromatic heterocycles. The molecule has 0 fully saturated rings. The van der Waals surface area contributed by atoms with Crippen LogP contribution in [0.1, 0.15) is 32.8 Å². The van der Waals surface area contributed by atoms with Crippen molar-refractivity contribution in [3.63, 3.8) is 0 Å². The van der Waals surface area contributed by atoms with Crippen LogP contribution in [0.2, 0.25) is 0 Å². The Balaban J connectivity index is 2.21. The Kier molecular flexibility index (Phi) is 4.97. The molecule has 0 amide bonds. The summed E-state index contributed by atoms with van der Waals surface area (Å²) < 4.78 is 18.8. The topological polar surface area (TPSA) is 115 Å². The number of hydrogen-bond donors (Lipinski definition) is 3. The van der Waals surface area contributed by atoms with E-state index in [1.165, 1.54) is 12.1 Å². The molecule has 0 unspecified atom stereocenters. The van der Waals surface area contributed by atoms with E-state index < -0.39 is 7.60 Å². The van der Waals surface area contributed by atoms with Gasteiger partial charge in [0.05, 0.1) is 11.2 Å². The molecule has 26 heavy (non-hydrogen) atoms. The Morgan fingerprint density at radius 1 is 1.27 bits per heavy atom. The molecule has 0 radical (unpaired) electrons. The molecule has 1 aromatic carbocycles. The lowest BCUT2D eigenvalue weighted by Crippen LogP contribution is -2.06.